The molecule has 24 heavy (non-hydrogen) atoms. The van der Waals surface area contributed by atoms with Gasteiger partial charge in [-0.25, -0.2) is 9.82 Å². The molecule has 0 spiro atoms. The highest BCUT2D eigenvalue weighted by atomic mass is 19.1. The van der Waals surface area contributed by atoms with Gasteiger partial charge in [-0.3, -0.25) is 4.79 Å². The molecule has 0 aliphatic heterocycles. The van der Waals surface area contributed by atoms with Crippen LogP contribution < -0.4 is 10.2 Å². The largest absolute Gasteiger partial charge is 0.497 e. The number of hydrazone groups is 1. The van der Waals surface area contributed by atoms with Crippen LogP contribution in [0.2, 0.25) is 0 Å². The molecule has 0 heterocycles. The number of hydrogen-bond acceptors (Lipinski definition) is 3. The number of nitrogens with zero attached hydrogens (tertiary/aromatic N) is 1. The highest BCUT2D eigenvalue weighted by Crippen LogP contribution is 2.18. The van der Waals surface area contributed by atoms with E-state index in [9.17, 15) is 9.18 Å². The average Bonchev–Trinajstić information content (AvgIpc) is 2.58. The molecule has 0 fully saturated rings. The molecule has 2 aromatic carbocycles. The van der Waals surface area contributed by atoms with Gasteiger partial charge in [-0.15, -0.1) is 0 Å². The van der Waals surface area contributed by atoms with E-state index in [1.165, 1.54) is 23.9 Å². The number of carbonyl (C=O) groups is 1. The summed E-state index contributed by atoms with van der Waals surface area (Å²) in [6.07, 6.45) is 3.45. The summed E-state index contributed by atoms with van der Waals surface area (Å²) >= 11 is 0. The van der Waals surface area contributed by atoms with Crippen molar-refractivity contribution in [1.29, 1.82) is 0 Å². The fourth-order valence-corrected chi connectivity index (χ4v) is 2.30. The number of benzene rings is 2. The second-order valence-corrected chi connectivity index (χ2v) is 5.49. The highest BCUT2D eigenvalue weighted by Gasteiger charge is 2.03. The first-order chi connectivity index (χ1) is 11.6. The fourth-order valence-electron chi connectivity index (χ4n) is 2.30. The van der Waals surface area contributed by atoms with Crippen LogP contribution in [0.15, 0.2) is 47.6 Å². The van der Waals surface area contributed by atoms with Gasteiger partial charge in [-0.2, -0.15) is 5.10 Å². The van der Waals surface area contributed by atoms with Gasteiger partial charge in [0.2, 0.25) is 5.91 Å². The van der Waals surface area contributed by atoms with E-state index >= 15 is 0 Å². The minimum Gasteiger partial charge on any atom is -0.497 e. The van der Waals surface area contributed by atoms with Crippen molar-refractivity contribution in [3.8, 4) is 5.75 Å². The first-order valence-electron chi connectivity index (χ1n) is 7.79. The van der Waals surface area contributed by atoms with Gasteiger partial charge < -0.3 is 4.74 Å². The lowest BCUT2D eigenvalue weighted by atomic mass is 10.0. The molecule has 4 nitrogen and oxygen atoms in total. The molecule has 0 saturated heterocycles. The molecular formula is C19H21FN2O2. The minimum atomic E-state index is -0.301. The molecule has 1 amide bonds. The van der Waals surface area contributed by atoms with Crippen molar-refractivity contribution in [2.75, 3.05) is 7.11 Å². The minimum absolute atomic E-state index is 0.139. The molecule has 5 heteroatoms. The molecule has 2 rings (SSSR count). The second-order valence-electron chi connectivity index (χ2n) is 5.49. The smallest absolute Gasteiger partial charge is 0.240 e. The standard InChI is InChI=1S/C19H21FN2O2/c1-14-12-18(24-2)11-8-16(14)4-3-5-19(23)22-21-13-15-6-9-17(20)10-7-15/h6-13H,3-5H2,1-2H3,(H,22,23). The van der Waals surface area contributed by atoms with E-state index in [1.54, 1.807) is 19.2 Å². The molecule has 1 N–H and O–H groups in total. The molecule has 0 radical (unpaired) electrons. The Balaban J connectivity index is 1.74. The SMILES string of the molecule is COc1ccc(CCCC(=O)NN=Cc2ccc(F)cc2)c(C)c1. The number of hydrogen-bond donors (Lipinski definition) is 1. The van der Waals surface area contributed by atoms with Gasteiger partial charge in [-0.05, 0) is 60.7 Å². The van der Waals surface area contributed by atoms with Crippen LogP contribution in [0.25, 0.3) is 0 Å². The van der Waals surface area contributed by atoms with Crippen LogP contribution in [0.1, 0.15) is 29.5 Å². The zero-order chi connectivity index (χ0) is 17.4. The topological polar surface area (TPSA) is 50.7 Å². The predicted octanol–water partition coefficient (Wildman–Crippen LogP) is 3.62. The van der Waals surface area contributed by atoms with Crippen LogP contribution in [-0.2, 0) is 11.2 Å². The third-order valence-electron chi connectivity index (χ3n) is 3.67. The Hall–Kier alpha value is -2.69. The number of aryl methyl sites for hydroxylation is 2. The normalized spacial score (nSPS) is 10.8. The molecule has 0 aliphatic carbocycles. The number of rotatable bonds is 7. The third kappa shape index (κ3) is 5.50. The Kier molecular flexibility index (Phi) is 6.49. The molecule has 126 valence electrons. The number of methoxy groups -OCH3 is 1. The van der Waals surface area contributed by atoms with Gasteiger partial charge >= 0.3 is 0 Å². The molecule has 0 saturated carbocycles. The number of ether oxygens (including phenoxy) is 1. The van der Waals surface area contributed by atoms with Crippen molar-refractivity contribution in [3.63, 3.8) is 0 Å². The van der Waals surface area contributed by atoms with Crippen molar-refractivity contribution in [2.24, 2.45) is 5.10 Å². The monoisotopic (exact) mass is 328 g/mol. The Morgan fingerprint density at radius 3 is 2.67 bits per heavy atom. The molecular weight excluding hydrogens is 307 g/mol. The summed E-state index contributed by atoms with van der Waals surface area (Å²) in [6, 6.07) is 11.8. The van der Waals surface area contributed by atoms with Crippen LogP contribution in [0.3, 0.4) is 0 Å². The van der Waals surface area contributed by atoms with Crippen molar-refractivity contribution in [1.82, 2.24) is 5.43 Å². The van der Waals surface area contributed by atoms with E-state index in [4.69, 9.17) is 4.74 Å². The predicted molar refractivity (Wildman–Crippen MR) is 92.8 cm³/mol. The van der Waals surface area contributed by atoms with Crippen molar-refractivity contribution in [2.45, 2.75) is 26.2 Å². The van der Waals surface area contributed by atoms with Crippen molar-refractivity contribution < 1.29 is 13.9 Å². The van der Waals surface area contributed by atoms with Gasteiger partial charge in [-0.1, -0.05) is 18.2 Å². The van der Waals surface area contributed by atoms with Gasteiger partial charge in [0.1, 0.15) is 11.6 Å². The number of amides is 1. The van der Waals surface area contributed by atoms with E-state index in [-0.39, 0.29) is 11.7 Å². The van der Waals surface area contributed by atoms with Crippen molar-refractivity contribution >= 4 is 12.1 Å². The molecule has 0 bridgehead atoms. The second kappa shape index (κ2) is 8.82. The van der Waals surface area contributed by atoms with E-state index < -0.39 is 0 Å². The van der Waals surface area contributed by atoms with Crippen LogP contribution in [-0.4, -0.2) is 19.2 Å². The Morgan fingerprint density at radius 1 is 1.25 bits per heavy atom. The van der Waals surface area contributed by atoms with Crippen molar-refractivity contribution in [3.05, 3.63) is 65.0 Å². The lowest BCUT2D eigenvalue weighted by molar-refractivity contribution is -0.121. The molecule has 0 unspecified atom stereocenters. The molecule has 0 aromatic heterocycles. The number of carbonyl (C=O) groups excluding carboxylic acids is 1. The average molecular weight is 328 g/mol. The van der Waals surface area contributed by atoms with Gasteiger partial charge in [0.15, 0.2) is 0 Å². The maximum absolute atomic E-state index is 12.8. The molecule has 0 aliphatic rings. The Bertz CT molecular complexity index is 712. The lowest BCUT2D eigenvalue weighted by Crippen LogP contribution is -2.17. The summed E-state index contributed by atoms with van der Waals surface area (Å²) in [7, 11) is 1.64. The van der Waals surface area contributed by atoms with Crippen LogP contribution >= 0.6 is 0 Å². The number of nitrogens with one attached hydrogen (secondary N) is 1. The quantitative estimate of drug-likeness (QED) is 0.623. The Labute approximate surface area is 141 Å². The van der Waals surface area contributed by atoms with Crippen LogP contribution in [0, 0.1) is 12.7 Å². The summed E-state index contributed by atoms with van der Waals surface area (Å²) in [6.45, 7) is 2.03. The zero-order valence-corrected chi connectivity index (χ0v) is 13.9. The first kappa shape index (κ1) is 17.7. The van der Waals surface area contributed by atoms with Gasteiger partial charge in [0.05, 0.1) is 13.3 Å². The van der Waals surface area contributed by atoms with E-state index in [2.05, 4.69) is 10.5 Å². The molecule has 0 atom stereocenters. The summed E-state index contributed by atoms with van der Waals surface area (Å²) < 4.78 is 17.9. The summed E-state index contributed by atoms with van der Waals surface area (Å²) in [5.41, 5.74) is 5.57. The van der Waals surface area contributed by atoms with Gasteiger partial charge in [0.25, 0.3) is 0 Å². The number of halogens is 1. The summed E-state index contributed by atoms with van der Waals surface area (Å²) in [4.78, 5) is 11.8. The highest BCUT2D eigenvalue weighted by molar-refractivity contribution is 5.82. The molecule has 2 aromatic rings. The maximum Gasteiger partial charge on any atom is 0.240 e. The van der Waals surface area contributed by atoms with E-state index in [1.807, 2.05) is 25.1 Å². The van der Waals surface area contributed by atoms with Crippen LogP contribution in [0.4, 0.5) is 4.39 Å². The summed E-state index contributed by atoms with van der Waals surface area (Å²) in [5.74, 6) is 0.397. The maximum atomic E-state index is 12.8. The Morgan fingerprint density at radius 2 is 2.00 bits per heavy atom. The van der Waals surface area contributed by atoms with E-state index in [0.29, 0.717) is 6.42 Å². The van der Waals surface area contributed by atoms with Crippen LogP contribution in [0.5, 0.6) is 5.75 Å². The lowest BCUT2D eigenvalue weighted by Gasteiger charge is -2.07. The first-order valence-corrected chi connectivity index (χ1v) is 7.79. The fraction of sp³-hybridized carbons (Fsp3) is 0.263. The van der Waals surface area contributed by atoms with Gasteiger partial charge in [0, 0.05) is 6.42 Å². The summed E-state index contributed by atoms with van der Waals surface area (Å²) in [5, 5.41) is 3.87. The zero-order valence-electron chi connectivity index (χ0n) is 13.9. The van der Waals surface area contributed by atoms with E-state index in [0.717, 1.165) is 29.7 Å². The third-order valence-corrected chi connectivity index (χ3v) is 3.67.